The summed E-state index contributed by atoms with van der Waals surface area (Å²) in [5.74, 6) is -0.589. The van der Waals surface area contributed by atoms with Crippen LogP contribution >= 0.6 is 11.6 Å². The first kappa shape index (κ1) is 30.0. The SMILES string of the molecule is CN1CC/C=C/C(O)[C@@H]2CC[C@H]2CN2C[C@@]3(CCCc4cc(Cl)ccc43)COc3ccc(cc32)[C@](CO)(C(=O)O)CC1=O. The molecule has 2 bridgehead atoms. The molecule has 1 spiro atoms. The largest absolute Gasteiger partial charge is 0.490 e. The average molecular weight is 609 g/mol. The van der Waals surface area contributed by atoms with Gasteiger partial charge in [0, 0.05) is 43.5 Å². The number of rotatable bonds is 2. The number of carbonyl (C=O) groups is 2. The molecule has 0 aromatic heterocycles. The Bertz CT molecular complexity index is 1430. The molecule has 2 heterocycles. The third-order valence-electron chi connectivity index (χ3n) is 10.5. The van der Waals surface area contributed by atoms with E-state index in [9.17, 15) is 24.9 Å². The molecular formula is C34H41ClN2O6. The number of halogens is 1. The normalized spacial score (nSPS) is 31.7. The minimum absolute atomic E-state index is 0.114. The number of carboxylic acids is 1. The number of carbonyl (C=O) groups excluding carboxylic acids is 1. The monoisotopic (exact) mass is 608 g/mol. The molecule has 2 aromatic carbocycles. The molecule has 8 nitrogen and oxygen atoms in total. The molecule has 43 heavy (non-hydrogen) atoms. The highest BCUT2D eigenvalue weighted by Crippen LogP contribution is 2.47. The Hall–Kier alpha value is -3.07. The van der Waals surface area contributed by atoms with Crippen LogP contribution < -0.4 is 9.64 Å². The molecule has 4 aliphatic rings. The molecule has 1 saturated carbocycles. The number of aryl methyl sites for hydroxylation is 1. The summed E-state index contributed by atoms with van der Waals surface area (Å²) < 4.78 is 6.58. The van der Waals surface area contributed by atoms with Crippen LogP contribution in [0.4, 0.5) is 5.69 Å². The highest BCUT2D eigenvalue weighted by atomic mass is 35.5. The Balaban J connectivity index is 1.47. The highest BCUT2D eigenvalue weighted by molar-refractivity contribution is 6.30. The fourth-order valence-corrected chi connectivity index (χ4v) is 7.84. The van der Waals surface area contributed by atoms with E-state index in [1.54, 1.807) is 19.2 Å². The Kier molecular flexibility index (Phi) is 8.22. The second kappa shape index (κ2) is 11.8. The number of aliphatic hydroxyl groups is 2. The zero-order valence-corrected chi connectivity index (χ0v) is 25.4. The smallest absolute Gasteiger partial charge is 0.317 e. The first-order valence-corrected chi connectivity index (χ1v) is 15.8. The van der Waals surface area contributed by atoms with Gasteiger partial charge >= 0.3 is 5.97 Å². The summed E-state index contributed by atoms with van der Waals surface area (Å²) in [7, 11) is 1.64. The first-order chi connectivity index (χ1) is 20.7. The maximum Gasteiger partial charge on any atom is 0.317 e. The van der Waals surface area contributed by atoms with Crippen molar-refractivity contribution in [3.8, 4) is 5.75 Å². The summed E-state index contributed by atoms with van der Waals surface area (Å²) in [4.78, 5) is 29.9. The number of ether oxygens (including phenoxy) is 1. The fourth-order valence-electron chi connectivity index (χ4n) is 7.65. The van der Waals surface area contributed by atoms with E-state index in [1.807, 2.05) is 24.3 Å². The van der Waals surface area contributed by atoms with Crippen molar-refractivity contribution < 1.29 is 29.6 Å². The van der Waals surface area contributed by atoms with Crippen molar-refractivity contribution in [2.45, 2.75) is 61.9 Å². The summed E-state index contributed by atoms with van der Waals surface area (Å²) in [6.07, 6.45) is 8.19. The molecule has 2 aromatic rings. The molecule has 9 heteroatoms. The van der Waals surface area contributed by atoms with Crippen molar-refractivity contribution in [1.29, 1.82) is 0 Å². The first-order valence-electron chi connectivity index (χ1n) is 15.4. The molecule has 230 valence electrons. The molecule has 0 radical (unpaired) electrons. The Morgan fingerprint density at radius 2 is 2.02 bits per heavy atom. The number of hydrogen-bond acceptors (Lipinski definition) is 6. The Labute approximate surface area is 257 Å². The second-order valence-electron chi connectivity index (χ2n) is 13.0. The van der Waals surface area contributed by atoms with Gasteiger partial charge in [0.1, 0.15) is 11.2 Å². The van der Waals surface area contributed by atoms with Gasteiger partial charge in [0.2, 0.25) is 5.91 Å². The number of aliphatic hydroxyl groups excluding tert-OH is 2. The van der Waals surface area contributed by atoms with E-state index < -0.39 is 24.1 Å². The van der Waals surface area contributed by atoms with Crippen LogP contribution in [0.1, 0.15) is 55.2 Å². The zero-order chi connectivity index (χ0) is 30.4. The number of anilines is 1. The van der Waals surface area contributed by atoms with Crippen LogP contribution in [0.25, 0.3) is 0 Å². The number of carboxylic acid groups (broad SMARTS) is 1. The molecule has 1 fully saturated rings. The third kappa shape index (κ3) is 5.42. The number of amides is 1. The second-order valence-corrected chi connectivity index (χ2v) is 13.5. The quantitative estimate of drug-likeness (QED) is 0.436. The van der Waals surface area contributed by atoms with Gasteiger partial charge in [-0.2, -0.15) is 0 Å². The number of aliphatic carboxylic acids is 1. The van der Waals surface area contributed by atoms with Crippen molar-refractivity contribution in [3.05, 3.63) is 70.3 Å². The summed E-state index contributed by atoms with van der Waals surface area (Å²) >= 11 is 6.40. The lowest BCUT2D eigenvalue weighted by Gasteiger charge is -2.45. The van der Waals surface area contributed by atoms with E-state index in [0.29, 0.717) is 44.0 Å². The van der Waals surface area contributed by atoms with Gasteiger partial charge in [-0.3, -0.25) is 9.59 Å². The molecule has 1 unspecified atom stereocenters. The number of hydrogen-bond donors (Lipinski definition) is 3. The Morgan fingerprint density at radius 1 is 1.19 bits per heavy atom. The minimum Gasteiger partial charge on any atom is -0.490 e. The minimum atomic E-state index is -1.80. The van der Waals surface area contributed by atoms with Crippen LogP contribution in [0.3, 0.4) is 0 Å². The summed E-state index contributed by atoms with van der Waals surface area (Å²) in [5, 5.41) is 32.9. The lowest BCUT2D eigenvalue weighted by Crippen LogP contribution is -2.49. The van der Waals surface area contributed by atoms with Crippen molar-refractivity contribution in [1.82, 2.24) is 4.90 Å². The summed E-state index contributed by atoms with van der Waals surface area (Å²) in [6, 6.07) is 11.4. The highest BCUT2D eigenvalue weighted by Gasteiger charge is 2.46. The van der Waals surface area contributed by atoms with Gasteiger partial charge in [-0.05, 0) is 91.3 Å². The number of benzene rings is 2. The third-order valence-corrected chi connectivity index (χ3v) is 10.7. The van der Waals surface area contributed by atoms with E-state index in [4.69, 9.17) is 16.3 Å². The molecular weight excluding hydrogens is 568 g/mol. The van der Waals surface area contributed by atoms with Crippen molar-refractivity contribution in [2.75, 3.05) is 44.8 Å². The van der Waals surface area contributed by atoms with Crippen LogP contribution in [-0.2, 0) is 26.8 Å². The fraction of sp³-hybridized carbons (Fsp3) is 0.529. The van der Waals surface area contributed by atoms with E-state index >= 15 is 0 Å². The van der Waals surface area contributed by atoms with Gasteiger partial charge in [0.25, 0.3) is 0 Å². The van der Waals surface area contributed by atoms with Crippen LogP contribution in [0.2, 0.25) is 5.02 Å². The summed E-state index contributed by atoms with van der Waals surface area (Å²) in [5.41, 5.74) is 1.51. The molecule has 3 N–H and O–H groups in total. The van der Waals surface area contributed by atoms with Crippen molar-refractivity contribution in [3.63, 3.8) is 0 Å². The lowest BCUT2D eigenvalue weighted by molar-refractivity contribution is -0.149. The van der Waals surface area contributed by atoms with Crippen LogP contribution in [0.15, 0.2) is 48.6 Å². The molecule has 5 atom stereocenters. The Morgan fingerprint density at radius 3 is 2.77 bits per heavy atom. The number of nitrogens with zero attached hydrogens (tertiary/aromatic N) is 2. The predicted octanol–water partition coefficient (Wildman–Crippen LogP) is 4.32. The van der Waals surface area contributed by atoms with Gasteiger partial charge in [0.05, 0.1) is 25.0 Å². The van der Waals surface area contributed by atoms with Gasteiger partial charge in [-0.25, -0.2) is 0 Å². The summed E-state index contributed by atoms with van der Waals surface area (Å²) in [6.45, 7) is 1.49. The van der Waals surface area contributed by atoms with E-state index in [2.05, 4.69) is 17.0 Å². The van der Waals surface area contributed by atoms with E-state index in [0.717, 1.165) is 42.8 Å². The van der Waals surface area contributed by atoms with Gasteiger partial charge < -0.3 is 29.9 Å². The maximum absolute atomic E-state index is 13.3. The van der Waals surface area contributed by atoms with E-state index in [1.165, 1.54) is 16.0 Å². The van der Waals surface area contributed by atoms with Gasteiger partial charge in [-0.1, -0.05) is 35.9 Å². The van der Waals surface area contributed by atoms with Gasteiger partial charge in [-0.15, -0.1) is 0 Å². The van der Waals surface area contributed by atoms with Crippen LogP contribution in [0.5, 0.6) is 5.75 Å². The average Bonchev–Trinajstić information content (AvgIpc) is 3.12. The molecule has 2 aliphatic heterocycles. The zero-order valence-electron chi connectivity index (χ0n) is 24.7. The van der Waals surface area contributed by atoms with Crippen molar-refractivity contribution in [2.24, 2.45) is 11.8 Å². The van der Waals surface area contributed by atoms with Crippen molar-refractivity contribution >= 4 is 29.2 Å². The number of fused-ring (bicyclic) bond motifs is 4. The topological polar surface area (TPSA) is 111 Å². The van der Waals surface area contributed by atoms with Crippen LogP contribution in [0, 0.1) is 11.8 Å². The molecule has 1 amide bonds. The van der Waals surface area contributed by atoms with E-state index in [-0.39, 0.29) is 29.6 Å². The molecule has 0 saturated heterocycles. The maximum atomic E-state index is 13.3. The molecule has 6 rings (SSSR count). The predicted molar refractivity (Wildman–Crippen MR) is 165 cm³/mol. The van der Waals surface area contributed by atoms with Crippen LogP contribution in [-0.4, -0.2) is 78.1 Å². The lowest BCUT2D eigenvalue weighted by atomic mass is 9.68. The van der Waals surface area contributed by atoms with Gasteiger partial charge in [0.15, 0.2) is 0 Å². The standard InChI is InChI=1S/C34H41ClN2O6/c1-36-14-3-2-6-29(39)26-10-7-23(26)18-37-19-33(13-4-5-22-15-25(35)9-11-27(22)33)21-43-30-12-8-24(16-28(30)37)34(20-38,32(41)42)17-31(36)40/h2,6,8-9,11-12,15-16,23,26,29,38-39H,3-5,7,10,13-14,17-21H2,1H3,(H,41,42)/b6-2+/t23-,26+,29?,33-,34-/m0/s1. The molecule has 2 aliphatic carbocycles.